The molecule has 0 aliphatic heterocycles. The van der Waals surface area contributed by atoms with E-state index in [4.69, 9.17) is 9.47 Å². The zero-order valence-corrected chi connectivity index (χ0v) is 18.5. The Kier molecular flexibility index (Phi) is 7.18. The zero-order valence-electron chi connectivity index (χ0n) is 18.5. The second kappa shape index (κ2) is 9.66. The van der Waals surface area contributed by atoms with Gasteiger partial charge in [-0.3, -0.25) is 10.1 Å². The van der Waals surface area contributed by atoms with Gasteiger partial charge < -0.3 is 14.8 Å². The molecular weight excluding hydrogens is 400 g/mol. The van der Waals surface area contributed by atoms with Crippen LogP contribution in [0, 0.1) is 27.9 Å². The van der Waals surface area contributed by atoms with E-state index in [1.165, 1.54) is 12.1 Å². The summed E-state index contributed by atoms with van der Waals surface area (Å²) < 4.78 is 10.9. The second-order valence-electron chi connectivity index (χ2n) is 9.62. The number of esters is 1. The van der Waals surface area contributed by atoms with Crippen LogP contribution in [-0.4, -0.2) is 28.6 Å². The molecule has 2 aliphatic carbocycles. The third-order valence-electron chi connectivity index (χ3n) is 6.20. The first-order chi connectivity index (χ1) is 14.6. The number of alkyl carbamates (subject to hydrolysis) is 1. The second-order valence-corrected chi connectivity index (χ2v) is 9.62. The molecule has 0 aromatic heterocycles. The lowest BCUT2D eigenvalue weighted by Gasteiger charge is -2.45. The quantitative estimate of drug-likeness (QED) is 0.361. The normalized spacial score (nSPS) is 17.9. The van der Waals surface area contributed by atoms with Crippen molar-refractivity contribution < 1.29 is 24.0 Å². The van der Waals surface area contributed by atoms with E-state index in [0.29, 0.717) is 17.4 Å². The first-order valence-electron chi connectivity index (χ1n) is 11.0. The third-order valence-corrected chi connectivity index (χ3v) is 6.20. The lowest BCUT2D eigenvalue weighted by Crippen LogP contribution is -2.54. The molecule has 0 spiro atoms. The molecule has 8 nitrogen and oxygen atoms in total. The molecule has 2 saturated carbocycles. The Hall–Kier alpha value is -2.64. The zero-order chi connectivity index (χ0) is 22.6. The number of ether oxygens (including phenoxy) is 2. The van der Waals surface area contributed by atoms with Crippen LogP contribution in [0.2, 0.25) is 0 Å². The summed E-state index contributed by atoms with van der Waals surface area (Å²) in [4.78, 5) is 36.2. The van der Waals surface area contributed by atoms with Crippen LogP contribution in [0.1, 0.15) is 64.9 Å². The highest BCUT2D eigenvalue weighted by Gasteiger charge is 2.45. The van der Waals surface area contributed by atoms with Crippen molar-refractivity contribution in [2.45, 2.75) is 77.5 Å². The number of benzene rings is 1. The molecule has 8 heteroatoms. The van der Waals surface area contributed by atoms with Crippen molar-refractivity contribution in [2.24, 2.45) is 17.8 Å². The van der Waals surface area contributed by atoms with Crippen molar-refractivity contribution >= 4 is 17.7 Å². The number of non-ortho nitro benzene ring substituents is 1. The first kappa shape index (κ1) is 23.0. The van der Waals surface area contributed by atoms with Crippen LogP contribution in [-0.2, 0) is 20.9 Å². The van der Waals surface area contributed by atoms with E-state index in [1.54, 1.807) is 32.9 Å². The van der Waals surface area contributed by atoms with Gasteiger partial charge in [-0.15, -0.1) is 0 Å². The maximum Gasteiger partial charge on any atom is 0.408 e. The van der Waals surface area contributed by atoms with Gasteiger partial charge in [-0.1, -0.05) is 50.7 Å². The molecule has 0 radical (unpaired) electrons. The number of rotatable bonds is 8. The molecule has 0 bridgehead atoms. The summed E-state index contributed by atoms with van der Waals surface area (Å²) in [6.07, 6.45) is 5.83. The van der Waals surface area contributed by atoms with Crippen LogP contribution in [0.3, 0.4) is 0 Å². The number of nitrogens with one attached hydrogen (secondary N) is 1. The molecule has 1 aromatic rings. The van der Waals surface area contributed by atoms with E-state index in [1.807, 2.05) is 0 Å². The number of nitro benzene ring substituents is 1. The Bertz CT molecular complexity index is 797. The van der Waals surface area contributed by atoms with Gasteiger partial charge in [-0.05, 0) is 44.1 Å². The molecule has 1 aromatic carbocycles. The fourth-order valence-corrected chi connectivity index (χ4v) is 4.33. The number of hydrogen-bond acceptors (Lipinski definition) is 6. The maximum absolute atomic E-state index is 13.1. The molecule has 2 aliphatic rings. The molecule has 0 heterocycles. The highest BCUT2D eigenvalue weighted by atomic mass is 16.6. The number of nitro groups is 1. The fraction of sp³-hybridized carbons (Fsp3) is 0.652. The van der Waals surface area contributed by atoms with Crippen LogP contribution < -0.4 is 5.32 Å². The summed E-state index contributed by atoms with van der Waals surface area (Å²) >= 11 is 0. The number of nitrogens with zero attached hydrogens (tertiary/aromatic N) is 1. The summed E-state index contributed by atoms with van der Waals surface area (Å²) in [5.74, 6) is 0.278. The highest BCUT2D eigenvalue weighted by Crippen LogP contribution is 2.46. The Morgan fingerprint density at radius 3 is 2.26 bits per heavy atom. The maximum atomic E-state index is 13.1. The van der Waals surface area contributed by atoms with Crippen LogP contribution in [0.25, 0.3) is 0 Å². The van der Waals surface area contributed by atoms with Gasteiger partial charge in [0.2, 0.25) is 0 Å². The summed E-state index contributed by atoms with van der Waals surface area (Å²) in [5, 5.41) is 13.8. The van der Waals surface area contributed by atoms with Crippen LogP contribution in [0.5, 0.6) is 0 Å². The van der Waals surface area contributed by atoms with E-state index < -0.39 is 28.6 Å². The lowest BCUT2D eigenvalue weighted by molar-refractivity contribution is -0.384. The lowest BCUT2D eigenvalue weighted by atomic mass is 9.62. The smallest absolute Gasteiger partial charge is 0.408 e. The average molecular weight is 433 g/mol. The molecule has 2 fully saturated rings. The molecule has 1 amide bonds. The molecular formula is C23H32N2O6. The highest BCUT2D eigenvalue weighted by molar-refractivity contribution is 5.82. The van der Waals surface area contributed by atoms with Crippen molar-refractivity contribution in [1.82, 2.24) is 5.32 Å². The predicted octanol–water partition coefficient (Wildman–Crippen LogP) is 4.75. The molecule has 31 heavy (non-hydrogen) atoms. The molecule has 1 atom stereocenters. The Morgan fingerprint density at radius 2 is 1.77 bits per heavy atom. The molecule has 3 rings (SSSR count). The van der Waals surface area contributed by atoms with Crippen molar-refractivity contribution in [2.75, 3.05) is 0 Å². The number of carbonyl (C=O) groups is 2. The van der Waals surface area contributed by atoms with Crippen molar-refractivity contribution in [3.05, 3.63) is 39.9 Å². The predicted molar refractivity (Wildman–Crippen MR) is 114 cm³/mol. The van der Waals surface area contributed by atoms with E-state index in [-0.39, 0.29) is 18.2 Å². The van der Waals surface area contributed by atoms with E-state index in [0.717, 1.165) is 38.5 Å². The fourth-order valence-electron chi connectivity index (χ4n) is 4.33. The van der Waals surface area contributed by atoms with Gasteiger partial charge in [0.05, 0.1) is 4.92 Å². The van der Waals surface area contributed by atoms with E-state index in [2.05, 4.69) is 5.32 Å². The minimum absolute atomic E-state index is 0.0210. The number of amides is 1. The number of carbonyl (C=O) groups excluding carboxylic acids is 2. The summed E-state index contributed by atoms with van der Waals surface area (Å²) in [7, 11) is 0. The molecule has 1 N–H and O–H groups in total. The monoisotopic (exact) mass is 432 g/mol. The van der Waals surface area contributed by atoms with Gasteiger partial charge in [0.25, 0.3) is 5.69 Å². The van der Waals surface area contributed by atoms with Crippen LogP contribution in [0.15, 0.2) is 24.3 Å². The van der Waals surface area contributed by atoms with Gasteiger partial charge in [-0.2, -0.15) is 0 Å². The summed E-state index contributed by atoms with van der Waals surface area (Å²) in [6, 6.07) is 5.22. The van der Waals surface area contributed by atoms with E-state index in [9.17, 15) is 19.7 Å². The van der Waals surface area contributed by atoms with Crippen molar-refractivity contribution in [3.63, 3.8) is 0 Å². The third kappa shape index (κ3) is 6.18. The summed E-state index contributed by atoms with van der Waals surface area (Å²) in [5.41, 5.74) is -0.203. The van der Waals surface area contributed by atoms with E-state index >= 15 is 0 Å². The molecule has 0 saturated heterocycles. The van der Waals surface area contributed by atoms with Gasteiger partial charge in [0.1, 0.15) is 18.2 Å². The minimum Gasteiger partial charge on any atom is -0.459 e. The van der Waals surface area contributed by atoms with Gasteiger partial charge in [0.15, 0.2) is 0 Å². The largest absolute Gasteiger partial charge is 0.459 e. The summed E-state index contributed by atoms with van der Waals surface area (Å²) in [6.45, 7) is 5.24. The minimum atomic E-state index is -0.788. The Labute approximate surface area is 182 Å². The van der Waals surface area contributed by atoms with Crippen molar-refractivity contribution in [3.8, 4) is 0 Å². The van der Waals surface area contributed by atoms with Gasteiger partial charge in [0, 0.05) is 12.1 Å². The Morgan fingerprint density at radius 1 is 1.16 bits per heavy atom. The standard InChI is InChI=1S/C23H32N2O6/c1-23(2,3)31-22(27)24-20(19(16-8-5-9-16)17-10-6-11-17)21(26)30-14-15-7-4-12-18(13-15)25(28)29/h4,7,12-13,16-17,19-20H,5-6,8-11,14H2,1-3H3,(H,24,27). The first-order valence-corrected chi connectivity index (χ1v) is 11.0. The van der Waals surface area contributed by atoms with Crippen LogP contribution in [0.4, 0.5) is 10.5 Å². The van der Waals surface area contributed by atoms with Crippen LogP contribution >= 0.6 is 0 Å². The SMILES string of the molecule is CC(C)(C)OC(=O)NC(C(=O)OCc1cccc([N+](=O)[O-])c1)C(C1CCC1)C1CCC1. The topological polar surface area (TPSA) is 108 Å². The molecule has 1 unspecified atom stereocenters. The Balaban J connectivity index is 1.74. The van der Waals surface area contributed by atoms with Gasteiger partial charge >= 0.3 is 12.1 Å². The number of hydrogen-bond donors (Lipinski definition) is 1. The molecule has 170 valence electrons. The average Bonchev–Trinajstić information content (AvgIpc) is 2.59. The van der Waals surface area contributed by atoms with Gasteiger partial charge in [-0.25, -0.2) is 9.59 Å². The van der Waals surface area contributed by atoms with Crippen molar-refractivity contribution in [1.29, 1.82) is 0 Å².